The fourth-order valence-corrected chi connectivity index (χ4v) is 6.83. The molecule has 0 bridgehead atoms. The highest BCUT2D eigenvalue weighted by molar-refractivity contribution is 6.29. The van der Waals surface area contributed by atoms with Crippen LogP contribution in [0.25, 0.3) is 87.3 Å². The average molecular weight is 521 g/mol. The second-order valence-corrected chi connectivity index (χ2v) is 10.9. The molecule has 190 valence electrons. The highest BCUT2D eigenvalue weighted by Crippen LogP contribution is 2.48. The number of hydrogen-bond acceptors (Lipinski definition) is 1. The van der Waals surface area contributed by atoms with Crippen molar-refractivity contribution in [3.8, 4) is 22.3 Å². The van der Waals surface area contributed by atoms with Crippen LogP contribution in [0.2, 0.25) is 0 Å². The number of hydrogen-bond donors (Lipinski definition) is 0. The summed E-state index contributed by atoms with van der Waals surface area (Å²) in [6.07, 6.45) is 0. The van der Waals surface area contributed by atoms with Crippen LogP contribution in [0.3, 0.4) is 0 Å². The van der Waals surface area contributed by atoms with E-state index in [1.807, 2.05) is 0 Å². The van der Waals surface area contributed by atoms with E-state index < -0.39 is 0 Å². The molecule has 0 N–H and O–H groups in total. The zero-order valence-corrected chi connectivity index (χ0v) is 22.3. The fourth-order valence-electron chi connectivity index (χ4n) is 6.83. The third-order valence-corrected chi connectivity index (χ3v) is 8.59. The first-order chi connectivity index (χ1) is 20.3. The van der Waals surface area contributed by atoms with Crippen LogP contribution in [0.15, 0.2) is 150 Å². The van der Waals surface area contributed by atoms with Crippen molar-refractivity contribution in [3.05, 3.63) is 146 Å². The predicted octanol–water partition coefficient (Wildman–Crippen LogP) is 11.5. The smallest absolute Gasteiger partial charge is 0.143 e. The topological polar surface area (TPSA) is 13.1 Å². The molecule has 1 heteroatoms. The van der Waals surface area contributed by atoms with Crippen molar-refractivity contribution in [3.63, 3.8) is 0 Å². The Balaban J connectivity index is 1.53. The Morgan fingerprint density at radius 3 is 1.54 bits per heavy atom. The van der Waals surface area contributed by atoms with Gasteiger partial charge in [-0.3, -0.25) is 0 Å². The van der Waals surface area contributed by atoms with Crippen molar-refractivity contribution in [2.24, 2.45) is 0 Å². The van der Waals surface area contributed by atoms with Gasteiger partial charge in [-0.05, 0) is 78.2 Å². The third-order valence-electron chi connectivity index (χ3n) is 8.59. The minimum Gasteiger partial charge on any atom is -0.455 e. The van der Waals surface area contributed by atoms with Gasteiger partial charge in [0.25, 0.3) is 0 Å². The highest BCUT2D eigenvalue weighted by atomic mass is 16.3. The van der Waals surface area contributed by atoms with Crippen molar-refractivity contribution < 1.29 is 4.42 Å². The van der Waals surface area contributed by atoms with Gasteiger partial charge in [0, 0.05) is 16.2 Å². The summed E-state index contributed by atoms with van der Waals surface area (Å²) < 4.78 is 6.75. The van der Waals surface area contributed by atoms with Gasteiger partial charge in [-0.2, -0.15) is 0 Å². The van der Waals surface area contributed by atoms with Crippen LogP contribution in [-0.4, -0.2) is 0 Å². The first-order valence-electron chi connectivity index (χ1n) is 14.1. The second-order valence-electron chi connectivity index (χ2n) is 10.9. The van der Waals surface area contributed by atoms with Gasteiger partial charge in [-0.1, -0.05) is 127 Å². The zero-order valence-electron chi connectivity index (χ0n) is 22.3. The summed E-state index contributed by atoms with van der Waals surface area (Å²) in [6, 6.07) is 52.5. The van der Waals surface area contributed by atoms with E-state index in [9.17, 15) is 0 Å². The van der Waals surface area contributed by atoms with Crippen LogP contribution in [0, 0.1) is 0 Å². The largest absolute Gasteiger partial charge is 0.455 e. The second kappa shape index (κ2) is 8.55. The molecule has 0 aliphatic rings. The summed E-state index contributed by atoms with van der Waals surface area (Å²) in [4.78, 5) is 0. The van der Waals surface area contributed by atoms with E-state index in [1.165, 1.54) is 65.3 Å². The van der Waals surface area contributed by atoms with Crippen molar-refractivity contribution in [2.75, 3.05) is 0 Å². The lowest BCUT2D eigenvalue weighted by molar-refractivity contribution is 0.673. The van der Waals surface area contributed by atoms with Crippen LogP contribution < -0.4 is 0 Å². The van der Waals surface area contributed by atoms with Crippen molar-refractivity contribution in [1.82, 2.24) is 0 Å². The summed E-state index contributed by atoms with van der Waals surface area (Å²) in [5.41, 5.74) is 6.84. The van der Waals surface area contributed by atoms with Gasteiger partial charge in [0.15, 0.2) is 0 Å². The van der Waals surface area contributed by atoms with Crippen molar-refractivity contribution in [1.29, 1.82) is 0 Å². The molecule has 41 heavy (non-hydrogen) atoms. The summed E-state index contributed by atoms with van der Waals surface area (Å²) in [6.45, 7) is 0. The molecule has 0 radical (unpaired) electrons. The highest BCUT2D eigenvalue weighted by Gasteiger charge is 2.22. The first kappa shape index (κ1) is 22.4. The average Bonchev–Trinajstić information content (AvgIpc) is 3.41. The maximum absolute atomic E-state index is 6.75. The van der Waals surface area contributed by atoms with E-state index >= 15 is 0 Å². The fraction of sp³-hybridized carbons (Fsp3) is 0. The van der Waals surface area contributed by atoms with E-state index in [2.05, 4.69) is 146 Å². The molecule has 1 nitrogen and oxygen atoms in total. The van der Waals surface area contributed by atoms with E-state index in [4.69, 9.17) is 4.42 Å². The number of fused-ring (bicyclic) bond motifs is 8. The van der Waals surface area contributed by atoms with Gasteiger partial charge in [0.2, 0.25) is 0 Å². The van der Waals surface area contributed by atoms with Crippen molar-refractivity contribution in [2.45, 2.75) is 0 Å². The molecule has 0 saturated heterocycles. The van der Waals surface area contributed by atoms with Gasteiger partial charge in [0.1, 0.15) is 11.2 Å². The van der Waals surface area contributed by atoms with Crippen LogP contribution in [0.4, 0.5) is 0 Å². The SMILES string of the molecule is c1ccc(-c2c3ccccc3c(-c3cc4ccccc4c4oc5cc6ccccc6cc5c34)c3ccccc23)cc1. The third kappa shape index (κ3) is 3.24. The van der Waals surface area contributed by atoms with Crippen LogP contribution in [-0.2, 0) is 0 Å². The van der Waals surface area contributed by atoms with Crippen LogP contribution in [0.5, 0.6) is 0 Å². The van der Waals surface area contributed by atoms with Crippen LogP contribution >= 0.6 is 0 Å². The molecule has 9 rings (SSSR count). The molecular formula is C40H24O. The monoisotopic (exact) mass is 520 g/mol. The molecule has 0 fully saturated rings. The van der Waals surface area contributed by atoms with Crippen molar-refractivity contribution >= 4 is 65.0 Å². The lowest BCUT2D eigenvalue weighted by Crippen LogP contribution is -1.91. The summed E-state index contributed by atoms with van der Waals surface area (Å²) in [5.74, 6) is 0. The molecule has 0 atom stereocenters. The number of rotatable bonds is 2. The Labute approximate surface area is 236 Å². The standard InChI is InChI=1S/C40H24O/c1-2-12-25(13-3-1)37-30-18-8-10-20-32(30)38(33-21-11-9-19-31(33)37)35-23-28-16-6-7-17-29(28)40-39(35)34-22-26-14-4-5-15-27(26)24-36(34)41-40/h1-24H. The maximum atomic E-state index is 6.75. The summed E-state index contributed by atoms with van der Waals surface area (Å²) in [5, 5.41) is 12.1. The van der Waals surface area contributed by atoms with Gasteiger partial charge in [-0.25, -0.2) is 0 Å². The molecule has 0 spiro atoms. The normalized spacial score (nSPS) is 11.9. The van der Waals surface area contributed by atoms with Gasteiger partial charge < -0.3 is 4.42 Å². The molecule has 9 aromatic rings. The van der Waals surface area contributed by atoms with E-state index in [1.54, 1.807) is 0 Å². The molecule has 0 aliphatic carbocycles. The Morgan fingerprint density at radius 1 is 0.366 bits per heavy atom. The number of benzene rings is 8. The summed E-state index contributed by atoms with van der Waals surface area (Å²) in [7, 11) is 0. The molecule has 0 unspecified atom stereocenters. The quantitative estimate of drug-likeness (QED) is 0.207. The molecule has 8 aromatic carbocycles. The minimum atomic E-state index is 0.922. The Kier molecular flexibility index (Phi) is 4.67. The van der Waals surface area contributed by atoms with E-state index in [-0.39, 0.29) is 0 Å². The molecule has 1 heterocycles. The Morgan fingerprint density at radius 2 is 0.878 bits per heavy atom. The van der Waals surface area contributed by atoms with Gasteiger partial charge >= 0.3 is 0 Å². The Hall–Kier alpha value is -5.40. The first-order valence-corrected chi connectivity index (χ1v) is 14.1. The van der Waals surface area contributed by atoms with Gasteiger partial charge in [0.05, 0.1) is 0 Å². The summed E-state index contributed by atoms with van der Waals surface area (Å²) >= 11 is 0. The number of furan rings is 1. The molecule has 0 aliphatic heterocycles. The van der Waals surface area contributed by atoms with Gasteiger partial charge in [-0.15, -0.1) is 0 Å². The molecule has 0 amide bonds. The van der Waals surface area contributed by atoms with E-state index in [0.717, 1.165) is 21.9 Å². The maximum Gasteiger partial charge on any atom is 0.143 e. The predicted molar refractivity (Wildman–Crippen MR) is 175 cm³/mol. The van der Waals surface area contributed by atoms with Crippen LogP contribution in [0.1, 0.15) is 0 Å². The molecule has 1 aromatic heterocycles. The molecule has 0 saturated carbocycles. The zero-order chi connectivity index (χ0) is 26.9. The van der Waals surface area contributed by atoms with E-state index in [0.29, 0.717) is 0 Å². The lowest BCUT2D eigenvalue weighted by atomic mass is 9.84. The minimum absolute atomic E-state index is 0.922. The lowest BCUT2D eigenvalue weighted by Gasteiger charge is -2.18. The molecular weight excluding hydrogens is 496 g/mol. The Bertz CT molecular complexity index is 2410.